The van der Waals surface area contributed by atoms with Crippen molar-refractivity contribution in [2.24, 2.45) is 0 Å². The second kappa shape index (κ2) is 3.32. The number of hydrogen-bond acceptors (Lipinski definition) is 2. The number of nitrogens with zero attached hydrogens (tertiary/aromatic N) is 1. The van der Waals surface area contributed by atoms with Crippen molar-refractivity contribution in [3.63, 3.8) is 0 Å². The highest BCUT2D eigenvalue weighted by molar-refractivity contribution is 5.25. The molecule has 0 saturated carbocycles. The van der Waals surface area contributed by atoms with Gasteiger partial charge in [0.25, 0.3) is 0 Å². The van der Waals surface area contributed by atoms with Gasteiger partial charge in [0.2, 0.25) is 0 Å². The van der Waals surface area contributed by atoms with Gasteiger partial charge < -0.3 is 4.74 Å². The molecule has 0 radical (unpaired) electrons. The van der Waals surface area contributed by atoms with E-state index in [4.69, 9.17) is 4.74 Å². The van der Waals surface area contributed by atoms with Crippen LogP contribution in [-0.2, 0) is 5.41 Å². The van der Waals surface area contributed by atoms with E-state index in [1.165, 1.54) is 19.4 Å². The first-order valence-corrected chi connectivity index (χ1v) is 4.15. The summed E-state index contributed by atoms with van der Waals surface area (Å²) < 4.78 is 18.0. The lowest BCUT2D eigenvalue weighted by Crippen LogP contribution is -2.13. The first-order valence-electron chi connectivity index (χ1n) is 4.15. The molecule has 0 aliphatic heterocycles. The lowest BCUT2D eigenvalue weighted by Gasteiger charge is -2.17. The van der Waals surface area contributed by atoms with Gasteiger partial charge in [-0.1, -0.05) is 20.8 Å². The minimum absolute atomic E-state index is 0.132. The lowest BCUT2D eigenvalue weighted by atomic mass is 9.92. The molecule has 0 bridgehead atoms. The smallest absolute Gasteiger partial charge is 0.172 e. The molecule has 3 heteroatoms. The highest BCUT2D eigenvalue weighted by Gasteiger charge is 2.17. The molecule has 0 spiro atoms. The van der Waals surface area contributed by atoms with E-state index in [2.05, 4.69) is 4.98 Å². The van der Waals surface area contributed by atoms with Gasteiger partial charge >= 0.3 is 0 Å². The van der Waals surface area contributed by atoms with Crippen LogP contribution >= 0.6 is 0 Å². The Hall–Kier alpha value is -1.12. The maximum atomic E-state index is 13.2. The average Bonchev–Trinajstić information content (AvgIpc) is 2.02. The molecule has 2 nitrogen and oxygen atoms in total. The van der Waals surface area contributed by atoms with Gasteiger partial charge in [-0.2, -0.15) is 0 Å². The molecule has 0 saturated heterocycles. The molecule has 1 heterocycles. The first-order chi connectivity index (χ1) is 5.95. The molecular weight excluding hydrogens is 169 g/mol. The minimum atomic E-state index is -0.359. The van der Waals surface area contributed by atoms with E-state index >= 15 is 0 Å². The SMILES string of the molecule is COc1cnc(C(C)(C)C)cc1F. The zero-order chi connectivity index (χ0) is 10.1. The Labute approximate surface area is 77.8 Å². The van der Waals surface area contributed by atoms with Crippen LogP contribution in [-0.4, -0.2) is 12.1 Å². The quantitative estimate of drug-likeness (QED) is 0.667. The summed E-state index contributed by atoms with van der Waals surface area (Å²) >= 11 is 0. The molecule has 0 aromatic carbocycles. The minimum Gasteiger partial charge on any atom is -0.492 e. The van der Waals surface area contributed by atoms with E-state index in [1.807, 2.05) is 20.8 Å². The maximum Gasteiger partial charge on any atom is 0.172 e. The van der Waals surface area contributed by atoms with Crippen LogP contribution in [0.15, 0.2) is 12.3 Å². The highest BCUT2D eigenvalue weighted by Crippen LogP contribution is 2.23. The summed E-state index contributed by atoms with van der Waals surface area (Å²) in [4.78, 5) is 4.12. The van der Waals surface area contributed by atoms with E-state index in [1.54, 1.807) is 0 Å². The van der Waals surface area contributed by atoms with E-state index in [0.717, 1.165) is 5.69 Å². The Morgan fingerprint density at radius 1 is 1.38 bits per heavy atom. The third-order valence-electron chi connectivity index (χ3n) is 1.81. The molecule has 0 amide bonds. The summed E-state index contributed by atoms with van der Waals surface area (Å²) in [7, 11) is 1.43. The summed E-state index contributed by atoms with van der Waals surface area (Å²) in [5, 5.41) is 0. The molecule has 0 atom stereocenters. The van der Waals surface area contributed by atoms with Gasteiger partial charge in [0.1, 0.15) is 0 Å². The second-order valence-electron chi connectivity index (χ2n) is 3.95. The summed E-state index contributed by atoms with van der Waals surface area (Å²) in [5.41, 5.74) is 0.596. The molecule has 0 N–H and O–H groups in total. The van der Waals surface area contributed by atoms with E-state index in [0.29, 0.717) is 0 Å². The molecule has 0 unspecified atom stereocenters. The second-order valence-corrected chi connectivity index (χ2v) is 3.95. The van der Waals surface area contributed by atoms with Crippen LogP contribution in [0.2, 0.25) is 0 Å². The molecule has 72 valence electrons. The number of hydrogen-bond donors (Lipinski definition) is 0. The number of aromatic nitrogens is 1. The van der Waals surface area contributed by atoms with Crippen LogP contribution in [0.25, 0.3) is 0 Å². The maximum absolute atomic E-state index is 13.2. The lowest BCUT2D eigenvalue weighted by molar-refractivity contribution is 0.381. The van der Waals surface area contributed by atoms with Gasteiger partial charge in [0.05, 0.1) is 13.3 Å². The largest absolute Gasteiger partial charge is 0.492 e. The van der Waals surface area contributed by atoms with Crippen LogP contribution < -0.4 is 4.74 Å². The van der Waals surface area contributed by atoms with Crippen LogP contribution in [0.4, 0.5) is 4.39 Å². The topological polar surface area (TPSA) is 22.1 Å². The average molecular weight is 183 g/mol. The molecule has 1 aromatic rings. The fourth-order valence-electron chi connectivity index (χ4n) is 0.979. The Morgan fingerprint density at radius 2 is 2.00 bits per heavy atom. The number of ether oxygens (including phenoxy) is 1. The molecule has 1 aromatic heterocycles. The molecule has 13 heavy (non-hydrogen) atoms. The molecule has 0 fully saturated rings. The van der Waals surface area contributed by atoms with Crippen LogP contribution in [0.5, 0.6) is 5.75 Å². The van der Waals surface area contributed by atoms with E-state index < -0.39 is 0 Å². The molecule has 0 aliphatic carbocycles. The summed E-state index contributed by atoms with van der Waals surface area (Å²) in [6.07, 6.45) is 1.41. The Kier molecular flexibility index (Phi) is 2.55. The normalized spacial score (nSPS) is 11.5. The predicted octanol–water partition coefficient (Wildman–Crippen LogP) is 2.53. The van der Waals surface area contributed by atoms with Crippen LogP contribution in [0.3, 0.4) is 0 Å². The predicted molar refractivity (Wildman–Crippen MR) is 49.4 cm³/mol. The van der Waals surface area contributed by atoms with Crippen molar-refractivity contribution < 1.29 is 9.13 Å². The zero-order valence-electron chi connectivity index (χ0n) is 8.39. The van der Waals surface area contributed by atoms with E-state index in [9.17, 15) is 4.39 Å². The fourth-order valence-corrected chi connectivity index (χ4v) is 0.979. The summed E-state index contributed by atoms with van der Waals surface area (Å²) in [5.74, 6) is -0.171. The van der Waals surface area contributed by atoms with Crippen molar-refractivity contribution in [2.75, 3.05) is 7.11 Å². The van der Waals surface area contributed by atoms with E-state index in [-0.39, 0.29) is 17.0 Å². The van der Waals surface area contributed by atoms with Crippen LogP contribution in [0.1, 0.15) is 26.5 Å². The van der Waals surface area contributed by atoms with Crippen LogP contribution in [0, 0.1) is 5.82 Å². The standard InChI is InChI=1S/C10H14FNO/c1-10(2,3)9-5-7(11)8(13-4)6-12-9/h5-6H,1-4H3. The first kappa shape index (κ1) is 9.96. The van der Waals surface area contributed by atoms with Gasteiger partial charge in [0, 0.05) is 11.1 Å². The van der Waals surface area contributed by atoms with Gasteiger partial charge in [-0.15, -0.1) is 0 Å². The third-order valence-corrected chi connectivity index (χ3v) is 1.81. The summed E-state index contributed by atoms with van der Waals surface area (Å²) in [6, 6.07) is 1.42. The molecular formula is C10H14FNO. The number of rotatable bonds is 1. The summed E-state index contributed by atoms with van der Waals surface area (Å²) in [6.45, 7) is 5.96. The molecule has 1 rings (SSSR count). The van der Waals surface area contributed by atoms with Crippen molar-refractivity contribution >= 4 is 0 Å². The Balaban J connectivity index is 3.10. The van der Waals surface area contributed by atoms with Crippen molar-refractivity contribution in [3.8, 4) is 5.75 Å². The van der Waals surface area contributed by atoms with Crippen molar-refractivity contribution in [1.82, 2.24) is 4.98 Å². The Morgan fingerprint density at radius 3 is 2.38 bits per heavy atom. The highest BCUT2D eigenvalue weighted by atomic mass is 19.1. The number of pyridine rings is 1. The number of halogens is 1. The van der Waals surface area contributed by atoms with Gasteiger partial charge in [0.15, 0.2) is 11.6 Å². The Bertz CT molecular complexity index is 304. The van der Waals surface area contributed by atoms with Gasteiger partial charge in [-0.25, -0.2) is 4.39 Å². The molecule has 0 aliphatic rings. The number of methoxy groups -OCH3 is 1. The fraction of sp³-hybridized carbons (Fsp3) is 0.500. The van der Waals surface area contributed by atoms with Crippen molar-refractivity contribution in [2.45, 2.75) is 26.2 Å². The van der Waals surface area contributed by atoms with Crippen molar-refractivity contribution in [3.05, 3.63) is 23.8 Å². The zero-order valence-corrected chi connectivity index (χ0v) is 8.39. The van der Waals surface area contributed by atoms with Crippen molar-refractivity contribution in [1.29, 1.82) is 0 Å². The van der Waals surface area contributed by atoms with Gasteiger partial charge in [-0.05, 0) is 6.07 Å². The van der Waals surface area contributed by atoms with Gasteiger partial charge in [-0.3, -0.25) is 4.98 Å². The third kappa shape index (κ3) is 2.17. The monoisotopic (exact) mass is 183 g/mol.